The van der Waals surface area contributed by atoms with E-state index >= 15 is 0 Å². The van der Waals surface area contributed by atoms with Crippen LogP contribution >= 0.6 is 15.9 Å². The molecule has 0 aliphatic rings. The van der Waals surface area contributed by atoms with Crippen LogP contribution in [0.5, 0.6) is 0 Å². The fraction of sp³-hybridized carbons (Fsp3) is 0.385. The van der Waals surface area contributed by atoms with Gasteiger partial charge in [0.05, 0.1) is 11.0 Å². The number of nitrogens with one attached hydrogen (secondary N) is 1. The van der Waals surface area contributed by atoms with Crippen LogP contribution < -0.4 is 5.32 Å². The van der Waals surface area contributed by atoms with Crippen molar-refractivity contribution in [1.29, 1.82) is 0 Å². The van der Waals surface area contributed by atoms with Crippen LogP contribution in [0.4, 0.5) is 4.39 Å². The van der Waals surface area contributed by atoms with Gasteiger partial charge in [0, 0.05) is 6.04 Å². The van der Waals surface area contributed by atoms with Gasteiger partial charge in [-0.15, -0.1) is 5.92 Å². The van der Waals surface area contributed by atoms with Gasteiger partial charge < -0.3 is 5.32 Å². The molecule has 0 saturated carbocycles. The minimum atomic E-state index is -0.210. The summed E-state index contributed by atoms with van der Waals surface area (Å²) in [6.45, 7) is 4.56. The molecule has 0 saturated heterocycles. The maximum atomic E-state index is 13.2. The zero-order valence-electron chi connectivity index (χ0n) is 9.48. The van der Waals surface area contributed by atoms with Crippen molar-refractivity contribution in [1.82, 2.24) is 5.32 Å². The Morgan fingerprint density at radius 3 is 2.88 bits per heavy atom. The van der Waals surface area contributed by atoms with Crippen molar-refractivity contribution in [3.63, 3.8) is 0 Å². The second-order valence-electron chi connectivity index (χ2n) is 3.66. The highest BCUT2D eigenvalue weighted by molar-refractivity contribution is 9.10. The van der Waals surface area contributed by atoms with Gasteiger partial charge >= 0.3 is 0 Å². The molecule has 86 valence electrons. The summed E-state index contributed by atoms with van der Waals surface area (Å²) in [7, 11) is 0. The van der Waals surface area contributed by atoms with Gasteiger partial charge in [0.25, 0.3) is 0 Å². The molecule has 0 aliphatic heterocycles. The highest BCUT2D eigenvalue weighted by Crippen LogP contribution is 2.17. The molecular formula is C13H15BrFN. The summed E-state index contributed by atoms with van der Waals surface area (Å²) in [6, 6.07) is 5.52. The number of hydrogen-bond donors (Lipinski definition) is 1. The van der Waals surface area contributed by atoms with Crippen LogP contribution in [0.1, 0.15) is 19.4 Å². The fourth-order valence-electron chi connectivity index (χ4n) is 1.41. The molecule has 1 nitrogen and oxygen atoms in total. The topological polar surface area (TPSA) is 12.0 Å². The van der Waals surface area contributed by atoms with E-state index in [2.05, 4.69) is 40.0 Å². The Morgan fingerprint density at radius 2 is 2.25 bits per heavy atom. The van der Waals surface area contributed by atoms with Gasteiger partial charge in [-0.2, -0.15) is 0 Å². The van der Waals surface area contributed by atoms with Crippen molar-refractivity contribution < 1.29 is 4.39 Å². The van der Waals surface area contributed by atoms with Crippen LogP contribution in [0.2, 0.25) is 0 Å². The van der Waals surface area contributed by atoms with Gasteiger partial charge in [-0.3, -0.25) is 0 Å². The van der Waals surface area contributed by atoms with E-state index in [4.69, 9.17) is 0 Å². The molecule has 0 aromatic heterocycles. The molecule has 0 bridgehead atoms. The van der Waals surface area contributed by atoms with Crippen molar-refractivity contribution in [3.8, 4) is 11.8 Å². The highest BCUT2D eigenvalue weighted by atomic mass is 79.9. The van der Waals surface area contributed by atoms with E-state index in [0.717, 1.165) is 12.0 Å². The number of hydrogen-bond acceptors (Lipinski definition) is 1. The van der Waals surface area contributed by atoms with E-state index in [1.807, 2.05) is 13.0 Å². The van der Waals surface area contributed by atoms with Gasteiger partial charge in [0.15, 0.2) is 0 Å². The molecule has 1 rings (SSSR count). The molecule has 1 aromatic carbocycles. The van der Waals surface area contributed by atoms with Crippen LogP contribution in [-0.2, 0) is 6.42 Å². The second kappa shape index (κ2) is 6.67. The molecule has 0 amide bonds. The molecule has 1 unspecified atom stereocenters. The van der Waals surface area contributed by atoms with E-state index in [-0.39, 0.29) is 5.82 Å². The van der Waals surface area contributed by atoms with Gasteiger partial charge in [-0.05, 0) is 53.9 Å². The van der Waals surface area contributed by atoms with Crippen LogP contribution in [0, 0.1) is 17.7 Å². The molecule has 0 spiro atoms. The van der Waals surface area contributed by atoms with E-state index < -0.39 is 0 Å². The van der Waals surface area contributed by atoms with Gasteiger partial charge in [-0.1, -0.05) is 12.0 Å². The molecular weight excluding hydrogens is 269 g/mol. The monoisotopic (exact) mass is 283 g/mol. The van der Waals surface area contributed by atoms with Crippen LogP contribution in [0.15, 0.2) is 22.7 Å². The highest BCUT2D eigenvalue weighted by Gasteiger charge is 2.05. The maximum Gasteiger partial charge on any atom is 0.137 e. The summed E-state index contributed by atoms with van der Waals surface area (Å²) in [5.41, 5.74) is 0.991. The SMILES string of the molecule is CC#CCNC(C)Cc1ccc(Br)c(F)c1. The molecule has 0 aliphatic carbocycles. The molecule has 3 heteroatoms. The van der Waals surface area contributed by atoms with Crippen LogP contribution in [0.3, 0.4) is 0 Å². The van der Waals surface area contributed by atoms with E-state index in [0.29, 0.717) is 17.1 Å². The smallest absolute Gasteiger partial charge is 0.137 e. The second-order valence-corrected chi connectivity index (χ2v) is 4.52. The molecule has 1 atom stereocenters. The first-order chi connectivity index (χ1) is 7.63. The number of benzene rings is 1. The lowest BCUT2D eigenvalue weighted by Crippen LogP contribution is -2.28. The largest absolute Gasteiger partial charge is 0.303 e. The Morgan fingerprint density at radius 1 is 1.50 bits per heavy atom. The quantitative estimate of drug-likeness (QED) is 0.838. The third kappa shape index (κ3) is 4.34. The Balaban J connectivity index is 2.51. The molecule has 0 heterocycles. The summed E-state index contributed by atoms with van der Waals surface area (Å²) in [5, 5.41) is 3.26. The minimum absolute atomic E-state index is 0.210. The Labute approximate surface area is 105 Å². The molecule has 1 aromatic rings. The summed E-state index contributed by atoms with van der Waals surface area (Å²) in [6.07, 6.45) is 0.801. The van der Waals surface area contributed by atoms with E-state index in [9.17, 15) is 4.39 Å². The van der Waals surface area contributed by atoms with Gasteiger partial charge in [-0.25, -0.2) is 4.39 Å². The lowest BCUT2D eigenvalue weighted by atomic mass is 10.1. The predicted octanol–water partition coefficient (Wildman–Crippen LogP) is 3.13. The van der Waals surface area contributed by atoms with Gasteiger partial charge in [0.2, 0.25) is 0 Å². The number of halogens is 2. The van der Waals surface area contributed by atoms with Crippen molar-refractivity contribution in [2.75, 3.05) is 6.54 Å². The lowest BCUT2D eigenvalue weighted by molar-refractivity contribution is 0.578. The standard InChI is InChI=1S/C13H15BrFN/c1-3-4-7-16-10(2)8-11-5-6-12(14)13(15)9-11/h5-6,9-10,16H,7-8H2,1-2H3. The molecule has 1 N–H and O–H groups in total. The first kappa shape index (κ1) is 13.2. The fourth-order valence-corrected chi connectivity index (χ4v) is 1.65. The summed E-state index contributed by atoms with van der Waals surface area (Å²) >= 11 is 3.14. The van der Waals surface area contributed by atoms with Crippen molar-refractivity contribution in [3.05, 3.63) is 34.1 Å². The zero-order chi connectivity index (χ0) is 12.0. The third-order valence-corrected chi connectivity index (χ3v) is 2.88. The molecule has 0 radical (unpaired) electrons. The first-order valence-electron chi connectivity index (χ1n) is 5.20. The van der Waals surface area contributed by atoms with Crippen molar-refractivity contribution >= 4 is 15.9 Å². The summed E-state index contributed by atoms with van der Waals surface area (Å²) < 4.78 is 13.8. The molecule has 16 heavy (non-hydrogen) atoms. The Hall–Kier alpha value is -0.850. The van der Waals surface area contributed by atoms with Crippen molar-refractivity contribution in [2.24, 2.45) is 0 Å². The number of rotatable bonds is 4. The van der Waals surface area contributed by atoms with Crippen LogP contribution in [-0.4, -0.2) is 12.6 Å². The molecule has 0 fully saturated rings. The normalized spacial score (nSPS) is 11.8. The first-order valence-corrected chi connectivity index (χ1v) is 5.99. The van der Waals surface area contributed by atoms with Gasteiger partial charge in [0.1, 0.15) is 5.82 Å². The van der Waals surface area contributed by atoms with E-state index in [1.54, 1.807) is 12.1 Å². The Kier molecular flexibility index (Phi) is 5.51. The minimum Gasteiger partial charge on any atom is -0.303 e. The summed E-state index contributed by atoms with van der Waals surface area (Å²) in [5.74, 6) is 5.56. The lowest BCUT2D eigenvalue weighted by Gasteiger charge is -2.11. The van der Waals surface area contributed by atoms with Crippen molar-refractivity contribution in [2.45, 2.75) is 26.3 Å². The van der Waals surface area contributed by atoms with E-state index in [1.165, 1.54) is 0 Å². The zero-order valence-corrected chi connectivity index (χ0v) is 11.1. The average Bonchev–Trinajstić information content (AvgIpc) is 2.24. The Bertz CT molecular complexity index is 406. The predicted molar refractivity (Wildman–Crippen MR) is 68.7 cm³/mol. The summed E-state index contributed by atoms with van der Waals surface area (Å²) in [4.78, 5) is 0. The van der Waals surface area contributed by atoms with Crippen LogP contribution in [0.25, 0.3) is 0 Å². The maximum absolute atomic E-state index is 13.2. The average molecular weight is 284 g/mol. The third-order valence-electron chi connectivity index (χ3n) is 2.24.